The van der Waals surface area contributed by atoms with Gasteiger partial charge in [-0.25, -0.2) is 4.79 Å². The van der Waals surface area contributed by atoms with Crippen LogP contribution in [-0.2, 0) is 0 Å². The molecule has 0 spiro atoms. The third-order valence-electron chi connectivity index (χ3n) is 2.73. The zero-order valence-corrected chi connectivity index (χ0v) is 11.9. The Morgan fingerprint density at radius 3 is 2.28 bits per heavy atom. The van der Waals surface area contributed by atoms with Crippen molar-refractivity contribution < 1.29 is 14.7 Å². The molecule has 1 aliphatic heterocycles. The predicted molar refractivity (Wildman–Crippen MR) is 73.7 cm³/mol. The Balaban J connectivity index is 2.12. The largest absolute Gasteiger partial charge is 0.477 e. The van der Waals surface area contributed by atoms with Gasteiger partial charge in [-0.3, -0.25) is 4.79 Å². The van der Waals surface area contributed by atoms with Gasteiger partial charge < -0.3 is 10.0 Å². The van der Waals surface area contributed by atoms with Gasteiger partial charge in [-0.15, -0.1) is 11.3 Å². The Hall–Kier alpha value is -1.01. The number of carbonyl (C=O) groups excluding carboxylic acids is 1. The number of hydrogen-bond acceptors (Lipinski definition) is 4. The van der Waals surface area contributed by atoms with Crippen molar-refractivity contribution in [1.82, 2.24) is 4.90 Å². The lowest BCUT2D eigenvalue weighted by atomic mass is 10.3. The van der Waals surface area contributed by atoms with Crippen LogP contribution in [0.5, 0.6) is 0 Å². The van der Waals surface area contributed by atoms with E-state index in [1.165, 1.54) is 6.07 Å². The number of thioether (sulfide) groups is 1. The first-order valence-corrected chi connectivity index (χ1v) is 7.51. The van der Waals surface area contributed by atoms with E-state index in [-0.39, 0.29) is 10.8 Å². The monoisotopic (exact) mass is 285 g/mol. The maximum Gasteiger partial charge on any atom is 0.345 e. The highest BCUT2D eigenvalue weighted by Crippen LogP contribution is 2.27. The molecule has 1 saturated heterocycles. The van der Waals surface area contributed by atoms with Gasteiger partial charge in [-0.2, -0.15) is 11.8 Å². The summed E-state index contributed by atoms with van der Waals surface area (Å²) in [5.74, 6) is -1.03. The summed E-state index contributed by atoms with van der Waals surface area (Å²) in [6.07, 6.45) is 0. The fraction of sp³-hybridized carbons (Fsp3) is 0.500. The molecule has 6 heteroatoms. The van der Waals surface area contributed by atoms with Crippen LogP contribution in [-0.4, -0.2) is 45.5 Å². The summed E-state index contributed by atoms with van der Waals surface area (Å²) in [4.78, 5) is 25.6. The van der Waals surface area contributed by atoms with E-state index in [0.29, 0.717) is 15.4 Å². The van der Waals surface area contributed by atoms with Crippen molar-refractivity contribution in [3.8, 4) is 0 Å². The molecule has 98 valence electrons. The lowest BCUT2D eigenvalue weighted by molar-refractivity contribution is 0.0701. The van der Waals surface area contributed by atoms with Gasteiger partial charge >= 0.3 is 5.97 Å². The average molecular weight is 285 g/mol. The minimum atomic E-state index is -0.977. The van der Waals surface area contributed by atoms with Gasteiger partial charge in [-0.1, -0.05) is 13.8 Å². The third kappa shape index (κ3) is 2.87. The molecule has 2 atom stereocenters. The summed E-state index contributed by atoms with van der Waals surface area (Å²) < 4.78 is 0. The van der Waals surface area contributed by atoms with Crippen molar-refractivity contribution >= 4 is 35.0 Å². The van der Waals surface area contributed by atoms with Gasteiger partial charge in [0.15, 0.2) is 0 Å². The normalized spacial score (nSPS) is 24.0. The minimum absolute atomic E-state index is 0.0495. The quantitative estimate of drug-likeness (QED) is 0.906. The van der Waals surface area contributed by atoms with E-state index >= 15 is 0 Å². The van der Waals surface area contributed by atoms with Gasteiger partial charge in [0.25, 0.3) is 5.91 Å². The number of aromatic carboxylic acids is 1. The molecule has 1 aliphatic rings. The molecule has 0 aromatic carbocycles. The zero-order chi connectivity index (χ0) is 13.3. The summed E-state index contributed by atoms with van der Waals surface area (Å²) in [7, 11) is 0. The second-order valence-electron chi connectivity index (χ2n) is 4.44. The van der Waals surface area contributed by atoms with Crippen LogP contribution in [0, 0.1) is 0 Å². The standard InChI is InChI=1S/C12H15NO3S2/c1-7-5-13(6-8(2)17-7)11(14)9-3-4-10(18-9)12(15)16/h3-4,7-8H,5-6H2,1-2H3,(H,15,16). The van der Waals surface area contributed by atoms with E-state index < -0.39 is 5.97 Å². The Labute approximate surface area is 114 Å². The molecule has 2 heterocycles. The Kier molecular flexibility index (Phi) is 3.97. The lowest BCUT2D eigenvalue weighted by Gasteiger charge is -2.34. The predicted octanol–water partition coefficient (Wildman–Crippen LogP) is 2.41. The Morgan fingerprint density at radius 2 is 1.78 bits per heavy atom. The van der Waals surface area contributed by atoms with Crippen molar-refractivity contribution in [2.45, 2.75) is 24.3 Å². The van der Waals surface area contributed by atoms with Crippen LogP contribution in [0.2, 0.25) is 0 Å². The van der Waals surface area contributed by atoms with Gasteiger partial charge in [0.05, 0.1) is 4.88 Å². The summed E-state index contributed by atoms with van der Waals surface area (Å²) in [5.41, 5.74) is 0. The first-order chi connectivity index (χ1) is 8.47. The minimum Gasteiger partial charge on any atom is -0.477 e. The molecular formula is C12H15NO3S2. The zero-order valence-electron chi connectivity index (χ0n) is 10.3. The Bertz CT molecular complexity index is 462. The van der Waals surface area contributed by atoms with Crippen molar-refractivity contribution in [2.75, 3.05) is 13.1 Å². The summed E-state index contributed by atoms with van der Waals surface area (Å²) in [6.45, 7) is 5.68. The number of thiophene rings is 1. The summed E-state index contributed by atoms with van der Waals surface area (Å²) >= 11 is 2.93. The summed E-state index contributed by atoms with van der Waals surface area (Å²) in [5, 5.41) is 9.71. The molecule has 2 unspecified atom stereocenters. The van der Waals surface area contributed by atoms with Gasteiger partial charge in [-0.05, 0) is 12.1 Å². The van der Waals surface area contributed by atoms with E-state index in [1.54, 1.807) is 6.07 Å². The van der Waals surface area contributed by atoms with Crippen molar-refractivity contribution in [3.63, 3.8) is 0 Å². The smallest absolute Gasteiger partial charge is 0.345 e. The maximum absolute atomic E-state index is 12.3. The van der Waals surface area contributed by atoms with E-state index in [4.69, 9.17) is 5.11 Å². The molecule has 0 saturated carbocycles. The van der Waals surface area contributed by atoms with Crippen LogP contribution in [0.15, 0.2) is 12.1 Å². The molecule has 0 radical (unpaired) electrons. The summed E-state index contributed by atoms with van der Waals surface area (Å²) in [6, 6.07) is 3.10. The highest BCUT2D eigenvalue weighted by atomic mass is 32.2. The van der Waals surface area contributed by atoms with Crippen LogP contribution in [0.4, 0.5) is 0 Å². The van der Waals surface area contributed by atoms with Crippen molar-refractivity contribution in [2.24, 2.45) is 0 Å². The molecule has 1 aromatic rings. The molecule has 1 aromatic heterocycles. The molecule has 1 fully saturated rings. The second kappa shape index (κ2) is 5.32. The third-order valence-corrected chi connectivity index (χ3v) is 5.02. The van der Waals surface area contributed by atoms with Crippen LogP contribution >= 0.6 is 23.1 Å². The number of rotatable bonds is 2. The molecule has 18 heavy (non-hydrogen) atoms. The highest BCUT2D eigenvalue weighted by molar-refractivity contribution is 8.00. The second-order valence-corrected chi connectivity index (χ2v) is 7.40. The molecule has 0 aliphatic carbocycles. The number of nitrogens with zero attached hydrogens (tertiary/aromatic N) is 1. The molecule has 1 amide bonds. The number of hydrogen-bond donors (Lipinski definition) is 1. The van der Waals surface area contributed by atoms with E-state index in [0.717, 1.165) is 24.4 Å². The van der Waals surface area contributed by atoms with Gasteiger partial charge in [0.2, 0.25) is 0 Å². The molecule has 1 N–H and O–H groups in total. The van der Waals surface area contributed by atoms with Crippen LogP contribution in [0.25, 0.3) is 0 Å². The van der Waals surface area contributed by atoms with Crippen LogP contribution < -0.4 is 0 Å². The number of carbonyl (C=O) groups is 2. The molecule has 4 nitrogen and oxygen atoms in total. The Morgan fingerprint density at radius 1 is 1.22 bits per heavy atom. The fourth-order valence-electron chi connectivity index (χ4n) is 2.07. The fourth-order valence-corrected chi connectivity index (χ4v) is 4.21. The molecule has 0 bridgehead atoms. The molecule has 2 rings (SSSR count). The first-order valence-electron chi connectivity index (χ1n) is 5.75. The van der Waals surface area contributed by atoms with E-state index in [1.807, 2.05) is 16.7 Å². The number of carboxylic acid groups (broad SMARTS) is 1. The van der Waals surface area contributed by atoms with Gasteiger partial charge in [0, 0.05) is 23.6 Å². The van der Waals surface area contributed by atoms with Crippen molar-refractivity contribution in [3.05, 3.63) is 21.9 Å². The SMILES string of the molecule is CC1CN(C(=O)c2ccc(C(=O)O)s2)CC(C)S1. The highest BCUT2D eigenvalue weighted by Gasteiger charge is 2.27. The van der Waals surface area contributed by atoms with Crippen LogP contribution in [0.1, 0.15) is 33.2 Å². The topological polar surface area (TPSA) is 57.6 Å². The average Bonchev–Trinajstić information content (AvgIpc) is 2.75. The maximum atomic E-state index is 12.3. The first kappa shape index (κ1) is 13.4. The number of carboxylic acids is 1. The van der Waals surface area contributed by atoms with Crippen LogP contribution in [0.3, 0.4) is 0 Å². The van der Waals surface area contributed by atoms with E-state index in [2.05, 4.69) is 13.8 Å². The lowest BCUT2D eigenvalue weighted by Crippen LogP contribution is -2.43. The van der Waals surface area contributed by atoms with E-state index in [9.17, 15) is 9.59 Å². The van der Waals surface area contributed by atoms with Crippen molar-refractivity contribution in [1.29, 1.82) is 0 Å². The molecular weight excluding hydrogens is 270 g/mol. The van der Waals surface area contributed by atoms with Gasteiger partial charge in [0.1, 0.15) is 4.88 Å². The number of amides is 1.